The predicted molar refractivity (Wildman–Crippen MR) is 123 cm³/mol. The van der Waals surface area contributed by atoms with Gasteiger partial charge in [0.2, 0.25) is 4.77 Å². The largest absolute Gasteiger partial charge is 0.497 e. The van der Waals surface area contributed by atoms with Crippen molar-refractivity contribution in [3.8, 4) is 17.1 Å². The Kier molecular flexibility index (Phi) is 6.26. The zero-order valence-corrected chi connectivity index (χ0v) is 18.1. The van der Waals surface area contributed by atoms with Gasteiger partial charge in [-0.15, -0.1) is 11.7 Å². The monoisotopic (exact) mass is 419 g/mol. The van der Waals surface area contributed by atoms with Gasteiger partial charge >= 0.3 is 0 Å². The summed E-state index contributed by atoms with van der Waals surface area (Å²) in [5.74, 6) is 1.69. The molecule has 6 heteroatoms. The number of hydrogen-bond donors (Lipinski definition) is 1. The minimum Gasteiger partial charge on any atom is -0.497 e. The second-order valence-electron chi connectivity index (χ2n) is 7.44. The standard InChI is InChI=1S/C24H26N4OS/c1-3-15-27-23(21-9-11-22(29-2)12-10-21)25-28(24(27)30)18-26-16-13-20(14-17-26)19-7-5-4-6-8-19/h3-13H,1,14-18H2,2H3/p+1. The first kappa shape index (κ1) is 20.3. The lowest BCUT2D eigenvalue weighted by atomic mass is 10.00. The summed E-state index contributed by atoms with van der Waals surface area (Å²) in [6.07, 6.45) is 5.27. The van der Waals surface area contributed by atoms with Gasteiger partial charge in [-0.05, 0) is 53.7 Å². The van der Waals surface area contributed by atoms with Gasteiger partial charge in [0.1, 0.15) is 5.75 Å². The molecule has 2 heterocycles. The van der Waals surface area contributed by atoms with Gasteiger partial charge in [-0.3, -0.25) is 4.57 Å². The molecule has 0 bridgehead atoms. The van der Waals surface area contributed by atoms with Crippen molar-refractivity contribution in [3.05, 3.63) is 83.7 Å². The fraction of sp³-hybridized carbons (Fsp3) is 0.250. The lowest BCUT2D eigenvalue weighted by Gasteiger charge is -2.23. The van der Waals surface area contributed by atoms with Crippen molar-refractivity contribution >= 4 is 17.8 Å². The van der Waals surface area contributed by atoms with E-state index in [1.165, 1.54) is 16.0 Å². The normalized spacial score (nSPS) is 16.2. The Morgan fingerprint density at radius 3 is 2.53 bits per heavy atom. The van der Waals surface area contributed by atoms with E-state index in [2.05, 4.69) is 43.0 Å². The fourth-order valence-electron chi connectivity index (χ4n) is 3.84. The van der Waals surface area contributed by atoms with Crippen molar-refractivity contribution in [2.75, 3.05) is 20.2 Å². The molecule has 5 nitrogen and oxygen atoms in total. The Bertz CT molecular complexity index is 1100. The van der Waals surface area contributed by atoms with Crippen LogP contribution >= 0.6 is 12.2 Å². The van der Waals surface area contributed by atoms with Crippen LogP contribution in [0.15, 0.2) is 73.3 Å². The molecular formula is C24H27N4OS+. The number of hydrogen-bond acceptors (Lipinski definition) is 3. The van der Waals surface area contributed by atoms with E-state index < -0.39 is 0 Å². The van der Waals surface area contributed by atoms with Crippen LogP contribution < -0.4 is 9.64 Å². The number of methoxy groups -OCH3 is 1. The molecule has 0 saturated carbocycles. The number of allylic oxidation sites excluding steroid dienone is 1. The van der Waals surface area contributed by atoms with Gasteiger partial charge < -0.3 is 9.64 Å². The second-order valence-corrected chi connectivity index (χ2v) is 7.81. The highest BCUT2D eigenvalue weighted by molar-refractivity contribution is 7.71. The van der Waals surface area contributed by atoms with Crippen LogP contribution in [0.5, 0.6) is 5.75 Å². The summed E-state index contributed by atoms with van der Waals surface area (Å²) < 4.78 is 10.00. The molecule has 1 unspecified atom stereocenters. The molecule has 0 radical (unpaired) electrons. The van der Waals surface area contributed by atoms with E-state index in [-0.39, 0.29) is 0 Å². The van der Waals surface area contributed by atoms with E-state index in [9.17, 15) is 0 Å². The molecule has 30 heavy (non-hydrogen) atoms. The van der Waals surface area contributed by atoms with Crippen LogP contribution in [0.3, 0.4) is 0 Å². The van der Waals surface area contributed by atoms with Crippen molar-refractivity contribution < 1.29 is 9.64 Å². The maximum Gasteiger partial charge on any atom is 0.203 e. The first-order valence-corrected chi connectivity index (χ1v) is 10.6. The zero-order chi connectivity index (χ0) is 20.9. The molecule has 0 fully saturated rings. The lowest BCUT2D eigenvalue weighted by Crippen LogP contribution is -3.11. The zero-order valence-electron chi connectivity index (χ0n) is 17.3. The Morgan fingerprint density at radius 2 is 1.90 bits per heavy atom. The maximum atomic E-state index is 5.76. The molecule has 4 rings (SSSR count). The van der Waals surface area contributed by atoms with Crippen LogP contribution in [-0.4, -0.2) is 34.5 Å². The average molecular weight is 420 g/mol. The third-order valence-corrected chi connectivity index (χ3v) is 5.92. The topological polar surface area (TPSA) is 36.4 Å². The Hall–Kier alpha value is -2.96. The molecule has 0 aliphatic carbocycles. The number of quaternary nitrogens is 1. The molecule has 1 aliphatic heterocycles. The Labute approximate surface area is 182 Å². The average Bonchev–Trinajstić information content (AvgIpc) is 3.10. The highest BCUT2D eigenvalue weighted by Gasteiger charge is 2.19. The number of nitrogens with one attached hydrogen (secondary N) is 1. The van der Waals surface area contributed by atoms with Gasteiger partial charge in [0.15, 0.2) is 12.5 Å². The second kappa shape index (κ2) is 9.24. The number of rotatable bonds is 7. The summed E-state index contributed by atoms with van der Waals surface area (Å²) in [7, 11) is 1.67. The van der Waals surface area contributed by atoms with Crippen LogP contribution in [0, 0.1) is 4.77 Å². The molecule has 0 spiro atoms. The number of benzene rings is 2. The molecular weight excluding hydrogens is 392 g/mol. The highest BCUT2D eigenvalue weighted by Crippen LogP contribution is 2.22. The van der Waals surface area contributed by atoms with Gasteiger partial charge in [0, 0.05) is 18.5 Å². The SMILES string of the molecule is C=CCn1c(-c2ccc(OC)cc2)nn(C[NH+]2CC=C(c3ccccc3)CC2)c1=S. The van der Waals surface area contributed by atoms with Crippen molar-refractivity contribution in [1.29, 1.82) is 0 Å². The van der Waals surface area contributed by atoms with Crippen molar-refractivity contribution in [2.45, 2.75) is 19.6 Å². The summed E-state index contributed by atoms with van der Waals surface area (Å²) >= 11 is 5.76. The lowest BCUT2D eigenvalue weighted by molar-refractivity contribution is -0.918. The Balaban J connectivity index is 1.55. The summed E-state index contributed by atoms with van der Waals surface area (Å²) in [5, 5.41) is 4.87. The first-order chi connectivity index (χ1) is 14.7. The van der Waals surface area contributed by atoms with E-state index >= 15 is 0 Å². The molecule has 0 amide bonds. The van der Waals surface area contributed by atoms with Crippen molar-refractivity contribution in [1.82, 2.24) is 14.3 Å². The Morgan fingerprint density at radius 1 is 1.13 bits per heavy atom. The molecule has 154 valence electrons. The first-order valence-electron chi connectivity index (χ1n) is 10.2. The molecule has 2 aromatic carbocycles. The van der Waals surface area contributed by atoms with Crippen molar-refractivity contribution in [2.24, 2.45) is 0 Å². The third-order valence-electron chi connectivity index (χ3n) is 5.49. The van der Waals surface area contributed by atoms with Crippen molar-refractivity contribution in [3.63, 3.8) is 0 Å². The summed E-state index contributed by atoms with van der Waals surface area (Å²) in [6.45, 7) is 7.31. The van der Waals surface area contributed by atoms with E-state index in [4.69, 9.17) is 22.1 Å². The van der Waals surface area contributed by atoms with E-state index in [1.807, 2.05) is 39.6 Å². The molecule has 1 aliphatic rings. The van der Waals surface area contributed by atoms with Crippen LogP contribution in [-0.2, 0) is 13.2 Å². The number of aromatic nitrogens is 3. The van der Waals surface area contributed by atoms with Crippen LogP contribution in [0.2, 0.25) is 0 Å². The number of ether oxygens (including phenoxy) is 1. The smallest absolute Gasteiger partial charge is 0.203 e. The van der Waals surface area contributed by atoms with E-state index in [0.29, 0.717) is 6.54 Å². The summed E-state index contributed by atoms with van der Waals surface area (Å²) in [6, 6.07) is 18.6. The predicted octanol–water partition coefficient (Wildman–Crippen LogP) is 3.61. The molecule has 0 saturated heterocycles. The van der Waals surface area contributed by atoms with Crippen LogP contribution in [0.25, 0.3) is 17.0 Å². The van der Waals surface area contributed by atoms with Gasteiger partial charge in [-0.1, -0.05) is 36.4 Å². The minimum absolute atomic E-state index is 0.633. The minimum atomic E-state index is 0.633. The summed E-state index contributed by atoms with van der Waals surface area (Å²) in [4.78, 5) is 1.45. The number of nitrogens with zero attached hydrogens (tertiary/aromatic N) is 3. The third kappa shape index (κ3) is 4.30. The van der Waals surface area contributed by atoms with Gasteiger partial charge in [-0.2, -0.15) is 4.68 Å². The van der Waals surface area contributed by atoms with Gasteiger partial charge in [0.25, 0.3) is 0 Å². The van der Waals surface area contributed by atoms with Crippen LogP contribution in [0.1, 0.15) is 12.0 Å². The quantitative estimate of drug-likeness (QED) is 0.470. The molecule has 3 aromatic rings. The molecule has 1 N–H and O–H groups in total. The van der Waals surface area contributed by atoms with E-state index in [1.54, 1.807) is 7.11 Å². The van der Waals surface area contributed by atoms with E-state index in [0.717, 1.165) is 48.1 Å². The van der Waals surface area contributed by atoms with Gasteiger partial charge in [-0.25, -0.2) is 0 Å². The fourth-order valence-corrected chi connectivity index (χ4v) is 4.11. The maximum absolute atomic E-state index is 5.76. The highest BCUT2D eigenvalue weighted by atomic mass is 32.1. The molecule has 1 aromatic heterocycles. The molecule has 1 atom stereocenters. The summed E-state index contributed by atoms with van der Waals surface area (Å²) in [5.41, 5.74) is 3.77. The van der Waals surface area contributed by atoms with Gasteiger partial charge in [0.05, 0.1) is 20.2 Å². The van der Waals surface area contributed by atoms with Crippen LogP contribution in [0.4, 0.5) is 0 Å².